The van der Waals surface area contributed by atoms with Gasteiger partial charge in [-0.3, -0.25) is 0 Å². The summed E-state index contributed by atoms with van der Waals surface area (Å²) in [5, 5.41) is 0. The molecule has 0 N–H and O–H groups in total. The van der Waals surface area contributed by atoms with Gasteiger partial charge in [-0.05, 0) is 38.1 Å². The molecule has 0 spiro atoms. The Morgan fingerprint density at radius 2 is 1.73 bits per heavy atom. The number of ether oxygens (including phenoxy) is 1. The molecule has 0 radical (unpaired) electrons. The monoisotopic (exact) mass is 315 g/mol. The Hall–Kier alpha value is -2.27. The molecule has 0 amide bonds. The Morgan fingerprint density at radius 1 is 1.09 bits per heavy atom. The molecule has 1 unspecified atom stereocenters. The third kappa shape index (κ3) is 2.27. The average Bonchev–Trinajstić information content (AvgIpc) is 2.48. The van der Waals surface area contributed by atoms with Crippen LogP contribution in [-0.2, 0) is 10.0 Å². The van der Waals surface area contributed by atoms with Gasteiger partial charge in [-0.2, -0.15) is 0 Å². The first-order valence-electron chi connectivity index (χ1n) is 6.98. The van der Waals surface area contributed by atoms with E-state index in [9.17, 15) is 8.42 Å². The van der Waals surface area contributed by atoms with E-state index >= 15 is 0 Å². The summed E-state index contributed by atoms with van der Waals surface area (Å²) in [5.74, 6) is 0.540. The van der Waals surface area contributed by atoms with Crippen molar-refractivity contribution in [2.45, 2.75) is 24.8 Å². The standard InChI is InChI=1S/C17H17NO3S/c1-12-8-10-15(11-9-12)22(19,20)18-13(2)14(3)21-17-7-5-4-6-16(17)18/h4-11,14H,2H2,1,3H3. The van der Waals surface area contributed by atoms with Crippen molar-refractivity contribution in [3.05, 3.63) is 66.4 Å². The summed E-state index contributed by atoms with van der Waals surface area (Å²) in [7, 11) is -3.72. The molecule has 5 heteroatoms. The number of para-hydroxylation sites is 2. The first-order valence-corrected chi connectivity index (χ1v) is 8.42. The molecule has 0 fully saturated rings. The Kier molecular flexibility index (Phi) is 3.45. The normalized spacial score (nSPS) is 17.8. The molecule has 1 atom stereocenters. The summed E-state index contributed by atoms with van der Waals surface area (Å²) < 4.78 is 33.1. The Bertz CT molecular complexity index is 825. The Labute approximate surface area is 130 Å². The van der Waals surface area contributed by atoms with Crippen LogP contribution in [0.3, 0.4) is 0 Å². The van der Waals surface area contributed by atoms with Gasteiger partial charge in [-0.1, -0.05) is 36.4 Å². The molecule has 0 bridgehead atoms. The number of aryl methyl sites for hydroxylation is 1. The third-order valence-corrected chi connectivity index (χ3v) is 5.46. The van der Waals surface area contributed by atoms with Gasteiger partial charge in [0, 0.05) is 0 Å². The number of hydrogen-bond acceptors (Lipinski definition) is 3. The molecule has 1 aliphatic rings. The lowest BCUT2D eigenvalue weighted by Crippen LogP contribution is -2.39. The van der Waals surface area contributed by atoms with E-state index in [2.05, 4.69) is 6.58 Å². The summed E-state index contributed by atoms with van der Waals surface area (Å²) in [6.07, 6.45) is -0.407. The molecule has 114 valence electrons. The zero-order chi connectivity index (χ0) is 15.9. The van der Waals surface area contributed by atoms with E-state index in [0.29, 0.717) is 17.1 Å². The van der Waals surface area contributed by atoms with Crippen LogP contribution in [0.15, 0.2) is 65.7 Å². The molecular weight excluding hydrogens is 298 g/mol. The average molecular weight is 315 g/mol. The number of rotatable bonds is 2. The first kappa shape index (κ1) is 14.7. The summed E-state index contributed by atoms with van der Waals surface area (Å²) in [6.45, 7) is 7.61. The number of fused-ring (bicyclic) bond motifs is 1. The lowest BCUT2D eigenvalue weighted by molar-refractivity contribution is 0.248. The van der Waals surface area contributed by atoms with Crippen molar-refractivity contribution in [1.82, 2.24) is 0 Å². The molecule has 0 aliphatic carbocycles. The molecule has 3 rings (SSSR count). The lowest BCUT2D eigenvalue weighted by Gasteiger charge is -2.35. The summed E-state index contributed by atoms with van der Waals surface area (Å²) in [4.78, 5) is 0.239. The fourth-order valence-corrected chi connectivity index (χ4v) is 3.96. The van der Waals surface area contributed by atoms with E-state index in [0.717, 1.165) is 5.56 Å². The summed E-state index contributed by atoms with van der Waals surface area (Å²) in [6, 6.07) is 13.9. The van der Waals surface area contributed by atoms with Gasteiger partial charge in [0.25, 0.3) is 10.0 Å². The van der Waals surface area contributed by atoms with Crippen LogP contribution in [0.5, 0.6) is 5.75 Å². The fraction of sp³-hybridized carbons (Fsp3) is 0.176. The Morgan fingerprint density at radius 3 is 2.41 bits per heavy atom. The van der Waals surface area contributed by atoms with Crippen molar-refractivity contribution in [3.63, 3.8) is 0 Å². The SMILES string of the molecule is C=C1C(C)Oc2ccccc2N1S(=O)(=O)c1ccc(C)cc1. The highest BCUT2D eigenvalue weighted by molar-refractivity contribution is 7.93. The highest BCUT2D eigenvalue weighted by Gasteiger charge is 2.35. The van der Waals surface area contributed by atoms with Crippen molar-refractivity contribution in [2.24, 2.45) is 0 Å². The molecule has 1 aliphatic heterocycles. The minimum atomic E-state index is -3.72. The van der Waals surface area contributed by atoms with E-state index in [-0.39, 0.29) is 4.90 Å². The van der Waals surface area contributed by atoms with Crippen LogP contribution in [0.25, 0.3) is 0 Å². The van der Waals surface area contributed by atoms with Crippen LogP contribution in [0.1, 0.15) is 12.5 Å². The second-order valence-electron chi connectivity index (χ2n) is 5.30. The number of nitrogens with zero attached hydrogens (tertiary/aromatic N) is 1. The Balaban J connectivity index is 2.17. The van der Waals surface area contributed by atoms with Crippen molar-refractivity contribution in [3.8, 4) is 5.75 Å². The van der Waals surface area contributed by atoms with Crippen LogP contribution in [-0.4, -0.2) is 14.5 Å². The molecule has 0 aromatic heterocycles. The summed E-state index contributed by atoms with van der Waals surface area (Å²) in [5.41, 5.74) is 1.90. The molecule has 0 saturated heterocycles. The molecular formula is C17H17NO3S. The third-order valence-electron chi connectivity index (χ3n) is 3.68. The largest absolute Gasteiger partial charge is 0.482 e. The maximum absolute atomic E-state index is 13.0. The van der Waals surface area contributed by atoms with Crippen molar-refractivity contribution in [2.75, 3.05) is 4.31 Å². The second kappa shape index (κ2) is 5.18. The molecule has 4 nitrogen and oxygen atoms in total. The van der Waals surface area contributed by atoms with E-state index < -0.39 is 16.1 Å². The fourth-order valence-electron chi connectivity index (χ4n) is 2.40. The van der Waals surface area contributed by atoms with Gasteiger partial charge >= 0.3 is 0 Å². The second-order valence-corrected chi connectivity index (χ2v) is 7.09. The van der Waals surface area contributed by atoms with Gasteiger partial charge in [-0.15, -0.1) is 0 Å². The van der Waals surface area contributed by atoms with Crippen molar-refractivity contribution >= 4 is 15.7 Å². The van der Waals surface area contributed by atoms with Crippen LogP contribution in [0, 0.1) is 6.92 Å². The van der Waals surface area contributed by atoms with Gasteiger partial charge in [0.2, 0.25) is 0 Å². The number of hydrogen-bond donors (Lipinski definition) is 0. The first-order chi connectivity index (χ1) is 10.4. The van der Waals surface area contributed by atoms with Crippen LogP contribution < -0.4 is 9.04 Å². The highest BCUT2D eigenvalue weighted by atomic mass is 32.2. The topological polar surface area (TPSA) is 46.6 Å². The van der Waals surface area contributed by atoms with E-state index in [1.807, 2.05) is 13.0 Å². The van der Waals surface area contributed by atoms with Gasteiger partial charge in [-0.25, -0.2) is 12.7 Å². The smallest absolute Gasteiger partial charge is 0.268 e. The van der Waals surface area contributed by atoms with Gasteiger partial charge in [0.05, 0.1) is 16.3 Å². The van der Waals surface area contributed by atoms with Crippen LogP contribution in [0.4, 0.5) is 5.69 Å². The number of anilines is 1. The highest BCUT2D eigenvalue weighted by Crippen LogP contribution is 2.40. The van der Waals surface area contributed by atoms with Crippen LogP contribution in [0.2, 0.25) is 0 Å². The van der Waals surface area contributed by atoms with E-state index in [1.165, 1.54) is 4.31 Å². The number of benzene rings is 2. The minimum Gasteiger partial charge on any atom is -0.482 e. The lowest BCUT2D eigenvalue weighted by atomic mass is 10.2. The maximum Gasteiger partial charge on any atom is 0.268 e. The van der Waals surface area contributed by atoms with Crippen LogP contribution >= 0.6 is 0 Å². The molecule has 22 heavy (non-hydrogen) atoms. The molecule has 2 aromatic rings. The maximum atomic E-state index is 13.0. The minimum absolute atomic E-state index is 0.239. The van der Waals surface area contributed by atoms with Gasteiger partial charge in [0.1, 0.15) is 11.9 Å². The van der Waals surface area contributed by atoms with Crippen molar-refractivity contribution < 1.29 is 13.2 Å². The predicted molar refractivity (Wildman–Crippen MR) is 86.5 cm³/mol. The van der Waals surface area contributed by atoms with E-state index in [1.54, 1.807) is 49.4 Å². The molecule has 1 heterocycles. The van der Waals surface area contributed by atoms with Crippen molar-refractivity contribution in [1.29, 1.82) is 0 Å². The van der Waals surface area contributed by atoms with E-state index in [4.69, 9.17) is 4.74 Å². The van der Waals surface area contributed by atoms with Gasteiger partial charge in [0.15, 0.2) is 0 Å². The quantitative estimate of drug-likeness (QED) is 0.852. The summed E-state index contributed by atoms with van der Waals surface area (Å²) >= 11 is 0. The molecule has 0 saturated carbocycles. The molecule has 2 aromatic carbocycles. The number of sulfonamides is 1. The zero-order valence-electron chi connectivity index (χ0n) is 12.5. The van der Waals surface area contributed by atoms with Gasteiger partial charge < -0.3 is 4.74 Å². The predicted octanol–water partition coefficient (Wildman–Crippen LogP) is 3.48. The zero-order valence-corrected chi connectivity index (χ0v) is 13.3.